The van der Waals surface area contributed by atoms with E-state index in [9.17, 15) is 13.2 Å². The van der Waals surface area contributed by atoms with Crippen molar-refractivity contribution in [3.05, 3.63) is 57.9 Å². The largest absolute Gasteiger partial charge is 0.383 e. The molecule has 0 atom stereocenters. The van der Waals surface area contributed by atoms with Gasteiger partial charge in [0.2, 0.25) is 10.0 Å². The minimum atomic E-state index is -3.60. The number of carbonyl (C=O) groups excluding carboxylic acids is 1. The molecule has 0 aliphatic heterocycles. The maximum Gasteiger partial charge on any atom is 0.279 e. The lowest BCUT2D eigenvalue weighted by atomic mass is 10.2. The molecular formula is C23H28ClN3O4S2. The standard InChI is InChI=1S/C23H28ClN3O4S2/c1-4-6-14-26(5-2)33(29,30)18-12-10-17(11-13-18)22(28)25-23-27(15-16-31-3)21-19(24)8-7-9-20(21)32-23/h7-13H,4-6,14-16H2,1-3H3. The van der Waals surface area contributed by atoms with Gasteiger partial charge in [-0.15, -0.1) is 0 Å². The monoisotopic (exact) mass is 509 g/mol. The van der Waals surface area contributed by atoms with Crippen LogP contribution in [0.5, 0.6) is 0 Å². The molecule has 0 bridgehead atoms. The highest BCUT2D eigenvalue weighted by atomic mass is 35.5. The fourth-order valence-corrected chi connectivity index (χ4v) is 6.32. The number of thiazole rings is 1. The molecule has 178 valence electrons. The first-order valence-electron chi connectivity index (χ1n) is 10.8. The van der Waals surface area contributed by atoms with E-state index in [4.69, 9.17) is 16.3 Å². The highest BCUT2D eigenvalue weighted by molar-refractivity contribution is 7.89. The Morgan fingerprint density at radius 3 is 2.55 bits per heavy atom. The molecule has 0 spiro atoms. The molecule has 0 N–H and O–H groups in total. The van der Waals surface area contributed by atoms with Gasteiger partial charge in [0.1, 0.15) is 0 Å². The average Bonchev–Trinajstić information content (AvgIpc) is 3.16. The van der Waals surface area contributed by atoms with Crippen LogP contribution in [0.1, 0.15) is 37.0 Å². The lowest BCUT2D eigenvalue weighted by Crippen LogP contribution is -2.31. The van der Waals surface area contributed by atoms with Crippen LogP contribution < -0.4 is 4.80 Å². The summed E-state index contributed by atoms with van der Waals surface area (Å²) >= 11 is 7.76. The molecule has 33 heavy (non-hydrogen) atoms. The van der Waals surface area contributed by atoms with Crippen LogP contribution in [0.4, 0.5) is 0 Å². The minimum Gasteiger partial charge on any atom is -0.383 e. The van der Waals surface area contributed by atoms with Crippen molar-refractivity contribution in [3.8, 4) is 0 Å². The summed E-state index contributed by atoms with van der Waals surface area (Å²) in [5.41, 5.74) is 1.12. The van der Waals surface area contributed by atoms with Crippen LogP contribution in [0.15, 0.2) is 52.4 Å². The van der Waals surface area contributed by atoms with E-state index in [1.807, 2.05) is 30.5 Å². The summed E-state index contributed by atoms with van der Waals surface area (Å²) in [6.45, 7) is 5.65. The second-order valence-corrected chi connectivity index (χ2v) is 10.8. The molecule has 0 radical (unpaired) electrons. The summed E-state index contributed by atoms with van der Waals surface area (Å²) in [5.74, 6) is -0.453. The van der Waals surface area contributed by atoms with Crippen molar-refractivity contribution in [2.75, 3.05) is 26.8 Å². The smallest absolute Gasteiger partial charge is 0.279 e. The maximum absolute atomic E-state index is 12.9. The number of fused-ring (bicyclic) bond motifs is 1. The van der Waals surface area contributed by atoms with Gasteiger partial charge in [0.25, 0.3) is 5.91 Å². The Balaban J connectivity index is 1.94. The van der Waals surface area contributed by atoms with Crippen molar-refractivity contribution in [1.29, 1.82) is 0 Å². The fraction of sp³-hybridized carbons (Fsp3) is 0.391. The van der Waals surface area contributed by atoms with E-state index < -0.39 is 15.9 Å². The van der Waals surface area contributed by atoms with Crippen LogP contribution in [-0.4, -0.2) is 50.0 Å². The number of halogens is 1. The molecule has 1 amide bonds. The third-order valence-electron chi connectivity index (χ3n) is 5.22. The van der Waals surface area contributed by atoms with Gasteiger partial charge >= 0.3 is 0 Å². The van der Waals surface area contributed by atoms with E-state index in [-0.39, 0.29) is 4.90 Å². The Labute approximate surface area is 203 Å². The van der Waals surface area contributed by atoms with Crippen LogP contribution >= 0.6 is 22.9 Å². The van der Waals surface area contributed by atoms with Crippen LogP contribution in [-0.2, 0) is 21.3 Å². The number of hydrogen-bond acceptors (Lipinski definition) is 5. The van der Waals surface area contributed by atoms with Gasteiger partial charge in [-0.05, 0) is 42.8 Å². The number of rotatable bonds is 10. The summed E-state index contributed by atoms with van der Waals surface area (Å²) in [7, 11) is -2.00. The zero-order valence-electron chi connectivity index (χ0n) is 19.0. The Morgan fingerprint density at radius 1 is 1.18 bits per heavy atom. The molecule has 0 fully saturated rings. The lowest BCUT2D eigenvalue weighted by molar-refractivity contribution is 0.0997. The summed E-state index contributed by atoms with van der Waals surface area (Å²) in [5, 5.41) is 0.576. The molecule has 0 aliphatic rings. The van der Waals surface area contributed by atoms with Gasteiger partial charge < -0.3 is 9.30 Å². The molecule has 7 nitrogen and oxygen atoms in total. The third-order valence-corrected chi connectivity index (χ3v) is 8.56. The number of benzene rings is 2. The highest BCUT2D eigenvalue weighted by Crippen LogP contribution is 2.25. The Kier molecular flexibility index (Phi) is 8.83. The third kappa shape index (κ3) is 5.73. The molecule has 3 rings (SSSR count). The summed E-state index contributed by atoms with van der Waals surface area (Å²) in [6.07, 6.45) is 1.71. The zero-order valence-corrected chi connectivity index (χ0v) is 21.3. The van der Waals surface area contributed by atoms with E-state index in [1.54, 1.807) is 13.2 Å². The Morgan fingerprint density at radius 2 is 1.91 bits per heavy atom. The number of sulfonamides is 1. The van der Waals surface area contributed by atoms with Gasteiger partial charge in [0.05, 0.1) is 26.7 Å². The van der Waals surface area contributed by atoms with Gasteiger partial charge in [-0.3, -0.25) is 4.79 Å². The number of nitrogens with zero attached hydrogens (tertiary/aromatic N) is 3. The number of para-hydroxylation sites is 1. The van der Waals surface area contributed by atoms with Crippen LogP contribution in [0.3, 0.4) is 0 Å². The van der Waals surface area contributed by atoms with E-state index in [2.05, 4.69) is 4.99 Å². The van der Waals surface area contributed by atoms with Gasteiger partial charge in [-0.1, -0.05) is 49.3 Å². The molecule has 10 heteroatoms. The molecular weight excluding hydrogens is 482 g/mol. The van der Waals surface area contributed by atoms with Crippen molar-refractivity contribution in [2.24, 2.45) is 4.99 Å². The van der Waals surface area contributed by atoms with Crippen LogP contribution in [0.2, 0.25) is 5.02 Å². The van der Waals surface area contributed by atoms with Crippen molar-refractivity contribution in [2.45, 2.75) is 38.1 Å². The predicted octanol–water partition coefficient (Wildman–Crippen LogP) is 4.55. The topological polar surface area (TPSA) is 81.0 Å². The van der Waals surface area contributed by atoms with Crippen LogP contribution in [0, 0.1) is 0 Å². The predicted molar refractivity (Wildman–Crippen MR) is 132 cm³/mol. The second kappa shape index (κ2) is 11.4. The molecule has 0 saturated heterocycles. The number of methoxy groups -OCH3 is 1. The molecule has 0 unspecified atom stereocenters. The lowest BCUT2D eigenvalue weighted by Gasteiger charge is -2.20. The normalized spacial score (nSPS) is 12.7. The molecule has 1 heterocycles. The van der Waals surface area contributed by atoms with Crippen LogP contribution in [0.25, 0.3) is 10.2 Å². The average molecular weight is 510 g/mol. The maximum atomic E-state index is 12.9. The first-order valence-corrected chi connectivity index (χ1v) is 13.4. The molecule has 0 saturated carbocycles. The molecule has 0 aliphatic carbocycles. The Bertz CT molecular complexity index is 1280. The van der Waals surface area contributed by atoms with E-state index in [1.165, 1.54) is 39.9 Å². The van der Waals surface area contributed by atoms with E-state index in [0.29, 0.717) is 41.6 Å². The number of hydrogen-bond donors (Lipinski definition) is 0. The van der Waals surface area contributed by atoms with Gasteiger partial charge in [-0.25, -0.2) is 8.42 Å². The van der Waals surface area contributed by atoms with E-state index >= 15 is 0 Å². The van der Waals surface area contributed by atoms with E-state index in [0.717, 1.165) is 23.1 Å². The van der Waals surface area contributed by atoms with Crippen molar-refractivity contribution in [1.82, 2.24) is 8.87 Å². The van der Waals surface area contributed by atoms with Crippen molar-refractivity contribution in [3.63, 3.8) is 0 Å². The molecule has 3 aromatic rings. The number of carbonyl (C=O) groups is 1. The van der Waals surface area contributed by atoms with Gasteiger partial charge in [0.15, 0.2) is 4.80 Å². The highest BCUT2D eigenvalue weighted by Gasteiger charge is 2.22. The summed E-state index contributed by atoms with van der Waals surface area (Å²) in [4.78, 5) is 17.9. The first kappa shape index (κ1) is 25.6. The number of amides is 1. The number of ether oxygens (including phenoxy) is 1. The number of unbranched alkanes of at least 4 members (excludes halogenated alkanes) is 1. The second-order valence-electron chi connectivity index (χ2n) is 7.41. The Hall–Kier alpha value is -2.04. The SMILES string of the molecule is CCCCN(CC)S(=O)(=O)c1ccc(C(=O)N=c2sc3cccc(Cl)c3n2CCOC)cc1. The summed E-state index contributed by atoms with van der Waals surface area (Å²) in [6, 6.07) is 11.5. The van der Waals surface area contributed by atoms with Crippen molar-refractivity contribution < 1.29 is 17.9 Å². The fourth-order valence-electron chi connectivity index (χ4n) is 3.41. The van der Waals surface area contributed by atoms with Crippen molar-refractivity contribution >= 4 is 49.1 Å². The molecule has 2 aromatic carbocycles. The number of aromatic nitrogens is 1. The molecule has 1 aromatic heterocycles. The van der Waals surface area contributed by atoms with Gasteiger partial charge in [0, 0.05) is 32.3 Å². The first-order chi connectivity index (χ1) is 15.8. The quantitative estimate of drug-likeness (QED) is 0.401. The van der Waals surface area contributed by atoms with Gasteiger partial charge in [-0.2, -0.15) is 9.30 Å². The minimum absolute atomic E-state index is 0.167. The zero-order chi connectivity index (χ0) is 24.0. The summed E-state index contributed by atoms with van der Waals surface area (Å²) < 4.78 is 35.3.